The molecular weight excluding hydrogens is 76.1 g/mol. The molecule has 1 radical (unpaired) electrons. The molecule has 0 aromatic carbocycles. The second-order valence-corrected chi connectivity index (χ2v) is 1.13. The molecule has 0 aliphatic carbocycles. The van der Waals surface area contributed by atoms with Crippen molar-refractivity contribution in [2.24, 2.45) is 0 Å². The SMILES string of the molecule is [CH]1CC=CNN1. The molecule has 2 N–H and O–H groups in total. The maximum absolute atomic E-state index is 2.82. The van der Waals surface area contributed by atoms with E-state index < -0.39 is 0 Å². The number of hydrazine groups is 1. The molecule has 33 valence electrons. The zero-order chi connectivity index (χ0) is 4.24. The molecule has 1 aliphatic rings. The van der Waals surface area contributed by atoms with Crippen LogP contribution in [0.15, 0.2) is 12.3 Å². The van der Waals surface area contributed by atoms with Gasteiger partial charge in [0.1, 0.15) is 0 Å². The smallest absolute Gasteiger partial charge is 0.0469 e. The lowest BCUT2D eigenvalue weighted by Crippen LogP contribution is -2.25. The third-order valence-corrected chi connectivity index (χ3v) is 0.641. The van der Waals surface area contributed by atoms with Crippen molar-refractivity contribution in [2.75, 3.05) is 0 Å². The number of hydrogen-bond donors (Lipinski definition) is 2. The van der Waals surface area contributed by atoms with E-state index in [0.717, 1.165) is 6.42 Å². The minimum Gasteiger partial charge on any atom is -0.329 e. The Morgan fingerprint density at radius 1 is 1.33 bits per heavy atom. The van der Waals surface area contributed by atoms with Crippen LogP contribution in [0.5, 0.6) is 0 Å². The third-order valence-electron chi connectivity index (χ3n) is 0.641. The molecule has 2 nitrogen and oxygen atoms in total. The summed E-state index contributed by atoms with van der Waals surface area (Å²) in [6.07, 6.45) is 4.93. The van der Waals surface area contributed by atoms with Crippen molar-refractivity contribution in [3.63, 3.8) is 0 Å². The van der Waals surface area contributed by atoms with Gasteiger partial charge in [-0.15, -0.1) is 0 Å². The first-order chi connectivity index (χ1) is 3.00. The van der Waals surface area contributed by atoms with Crippen LogP contribution in [-0.4, -0.2) is 0 Å². The Bertz CT molecular complexity index is 50.6. The van der Waals surface area contributed by atoms with Crippen LogP contribution in [0.3, 0.4) is 0 Å². The summed E-state index contributed by atoms with van der Waals surface area (Å²) in [7, 11) is 0. The first-order valence-electron chi connectivity index (χ1n) is 1.98. The monoisotopic (exact) mass is 83.1 g/mol. The van der Waals surface area contributed by atoms with Crippen LogP contribution in [0.1, 0.15) is 6.42 Å². The molecule has 0 aromatic rings. The predicted molar refractivity (Wildman–Crippen MR) is 24.3 cm³/mol. The molecule has 0 atom stereocenters. The average molecular weight is 83.1 g/mol. The summed E-state index contributed by atoms with van der Waals surface area (Å²) >= 11 is 0. The highest BCUT2D eigenvalue weighted by Gasteiger charge is 1.83. The maximum atomic E-state index is 2.82. The molecule has 6 heavy (non-hydrogen) atoms. The Hall–Kier alpha value is -0.500. The molecule has 0 spiro atoms. The molecule has 0 aromatic heterocycles. The minimum atomic E-state index is 1.02. The van der Waals surface area contributed by atoms with E-state index in [0.29, 0.717) is 0 Å². The van der Waals surface area contributed by atoms with Gasteiger partial charge in [-0.1, -0.05) is 6.08 Å². The highest BCUT2D eigenvalue weighted by molar-refractivity contribution is 4.87. The maximum Gasteiger partial charge on any atom is 0.0469 e. The van der Waals surface area contributed by atoms with Crippen LogP contribution in [0, 0.1) is 6.54 Å². The van der Waals surface area contributed by atoms with E-state index in [9.17, 15) is 0 Å². The van der Waals surface area contributed by atoms with E-state index >= 15 is 0 Å². The summed E-state index contributed by atoms with van der Waals surface area (Å²) in [5, 5.41) is 0. The third kappa shape index (κ3) is 0.723. The van der Waals surface area contributed by atoms with Gasteiger partial charge >= 0.3 is 0 Å². The van der Waals surface area contributed by atoms with Gasteiger partial charge in [-0.25, -0.2) is 5.43 Å². The first kappa shape index (κ1) is 3.68. The minimum absolute atomic E-state index is 1.02. The molecule has 1 rings (SSSR count). The highest BCUT2D eigenvalue weighted by atomic mass is 15.3. The van der Waals surface area contributed by atoms with Gasteiger partial charge in [0.25, 0.3) is 0 Å². The summed E-state index contributed by atoms with van der Waals surface area (Å²) in [4.78, 5) is 0. The standard InChI is InChI=1S/C4H7N2/c1-2-4-6-5-3-1/h1,3-6H,2H2. The van der Waals surface area contributed by atoms with Gasteiger partial charge in [-0.05, 0) is 6.42 Å². The molecule has 0 saturated carbocycles. The fraction of sp³-hybridized carbons (Fsp3) is 0.250. The van der Waals surface area contributed by atoms with Crippen molar-refractivity contribution in [1.82, 2.24) is 10.9 Å². The lowest BCUT2D eigenvalue weighted by molar-refractivity contribution is 0.678. The van der Waals surface area contributed by atoms with Crippen LogP contribution in [0.25, 0.3) is 0 Å². The molecule has 0 bridgehead atoms. The summed E-state index contributed by atoms with van der Waals surface area (Å²) in [5.41, 5.74) is 5.62. The zero-order valence-corrected chi connectivity index (χ0v) is 3.44. The fourth-order valence-electron chi connectivity index (χ4n) is 0.361. The van der Waals surface area contributed by atoms with E-state index in [1.54, 1.807) is 0 Å². The van der Waals surface area contributed by atoms with Gasteiger partial charge < -0.3 is 5.43 Å². The first-order valence-corrected chi connectivity index (χ1v) is 1.98. The predicted octanol–water partition coefficient (Wildman–Crippen LogP) is 0.160. The molecule has 0 unspecified atom stereocenters. The van der Waals surface area contributed by atoms with Gasteiger partial charge in [0.15, 0.2) is 0 Å². The zero-order valence-electron chi connectivity index (χ0n) is 3.44. The topological polar surface area (TPSA) is 24.1 Å². The Morgan fingerprint density at radius 2 is 2.33 bits per heavy atom. The Balaban J connectivity index is 2.26. The lowest BCUT2D eigenvalue weighted by atomic mass is 10.4. The summed E-state index contributed by atoms with van der Waals surface area (Å²) in [6.45, 7) is 1.94. The summed E-state index contributed by atoms with van der Waals surface area (Å²) < 4.78 is 0. The van der Waals surface area contributed by atoms with E-state index in [-0.39, 0.29) is 0 Å². The quantitative estimate of drug-likeness (QED) is 0.436. The number of hydrogen-bond acceptors (Lipinski definition) is 2. The number of nitrogens with one attached hydrogen (secondary N) is 2. The normalized spacial score (nSPS) is 20.0. The van der Waals surface area contributed by atoms with Crippen molar-refractivity contribution in [3.05, 3.63) is 18.8 Å². The van der Waals surface area contributed by atoms with Crippen molar-refractivity contribution >= 4 is 0 Å². The summed E-state index contributed by atoms with van der Waals surface area (Å²) in [6, 6.07) is 0. The average Bonchev–Trinajstić information content (AvgIpc) is 1.72. The van der Waals surface area contributed by atoms with E-state index in [2.05, 4.69) is 10.9 Å². The number of rotatable bonds is 0. The van der Waals surface area contributed by atoms with Crippen LogP contribution < -0.4 is 10.9 Å². The van der Waals surface area contributed by atoms with Crippen molar-refractivity contribution in [2.45, 2.75) is 6.42 Å². The summed E-state index contributed by atoms with van der Waals surface area (Å²) in [5.74, 6) is 0. The fourth-order valence-corrected chi connectivity index (χ4v) is 0.361. The molecule has 0 saturated heterocycles. The van der Waals surface area contributed by atoms with E-state index in [1.165, 1.54) is 0 Å². The Kier molecular flexibility index (Phi) is 1.12. The van der Waals surface area contributed by atoms with E-state index in [4.69, 9.17) is 0 Å². The van der Waals surface area contributed by atoms with Gasteiger partial charge in [-0.3, -0.25) is 0 Å². The van der Waals surface area contributed by atoms with Gasteiger partial charge in [0, 0.05) is 12.7 Å². The van der Waals surface area contributed by atoms with Crippen LogP contribution in [-0.2, 0) is 0 Å². The van der Waals surface area contributed by atoms with Crippen molar-refractivity contribution in [3.8, 4) is 0 Å². The molecular formula is C4H7N2. The second-order valence-electron chi connectivity index (χ2n) is 1.13. The van der Waals surface area contributed by atoms with E-state index in [1.807, 2.05) is 18.8 Å². The van der Waals surface area contributed by atoms with Crippen LogP contribution >= 0.6 is 0 Å². The van der Waals surface area contributed by atoms with Gasteiger partial charge in [0.2, 0.25) is 0 Å². The highest BCUT2D eigenvalue weighted by Crippen LogP contribution is 1.85. The molecule has 0 fully saturated rings. The van der Waals surface area contributed by atoms with Gasteiger partial charge in [0.05, 0.1) is 0 Å². The Morgan fingerprint density at radius 3 is 2.50 bits per heavy atom. The molecule has 0 amide bonds. The van der Waals surface area contributed by atoms with Crippen LogP contribution in [0.2, 0.25) is 0 Å². The molecule has 1 heterocycles. The van der Waals surface area contributed by atoms with Gasteiger partial charge in [-0.2, -0.15) is 0 Å². The Labute approximate surface area is 37.2 Å². The molecule has 1 aliphatic heterocycles. The van der Waals surface area contributed by atoms with Crippen LogP contribution in [0.4, 0.5) is 0 Å². The van der Waals surface area contributed by atoms with Crippen molar-refractivity contribution < 1.29 is 0 Å². The molecule has 2 heteroatoms. The second kappa shape index (κ2) is 1.82. The largest absolute Gasteiger partial charge is 0.329 e. The lowest BCUT2D eigenvalue weighted by Gasteiger charge is -2.04. The van der Waals surface area contributed by atoms with Crippen molar-refractivity contribution in [1.29, 1.82) is 0 Å².